The van der Waals surface area contributed by atoms with Crippen LogP contribution < -0.4 is 10.6 Å². The molecule has 0 fully saturated rings. The monoisotopic (exact) mass is 576 g/mol. The molecule has 0 saturated carbocycles. The largest absolute Gasteiger partial charge is 0.472 e. The van der Waals surface area contributed by atoms with Gasteiger partial charge < -0.3 is 14.3 Å². The van der Waals surface area contributed by atoms with E-state index in [9.17, 15) is 9.59 Å². The number of carbonyl (C=O) groups excluding carboxylic acids is 2. The lowest BCUT2D eigenvalue weighted by atomic mass is 9.97. The third-order valence-corrected chi connectivity index (χ3v) is 7.17. The zero-order valence-electron chi connectivity index (χ0n) is 21.0. The number of carbonyl (C=O) groups is 2. The molecule has 12 heteroatoms. The number of amides is 2. The van der Waals surface area contributed by atoms with Crippen molar-refractivity contribution in [3.63, 3.8) is 0 Å². The van der Waals surface area contributed by atoms with Crippen LogP contribution in [0.3, 0.4) is 0 Å². The number of hydrogen-bond donors (Lipinski definition) is 3. The molecule has 3 N–H and O–H groups in total. The number of nitrogens with one attached hydrogen (secondary N) is 3. The molecule has 38 heavy (non-hydrogen) atoms. The Morgan fingerprint density at radius 3 is 2.68 bits per heavy atom. The number of H-pyrrole nitrogens is 1. The maximum absolute atomic E-state index is 13.3. The van der Waals surface area contributed by atoms with Gasteiger partial charge in [-0.3, -0.25) is 14.9 Å². The van der Waals surface area contributed by atoms with Crippen LogP contribution in [0.4, 0.5) is 5.95 Å². The number of halogens is 1. The summed E-state index contributed by atoms with van der Waals surface area (Å²) in [5.74, 6) is 0.390. The number of hydrogen-bond acceptors (Lipinski definition) is 7. The number of aryl methyl sites for hydroxylation is 2. The van der Waals surface area contributed by atoms with Gasteiger partial charge in [-0.2, -0.15) is 0 Å². The van der Waals surface area contributed by atoms with Crippen LogP contribution in [0.25, 0.3) is 22.3 Å². The van der Waals surface area contributed by atoms with E-state index in [1.165, 1.54) is 0 Å². The van der Waals surface area contributed by atoms with Gasteiger partial charge in [0, 0.05) is 34.6 Å². The van der Waals surface area contributed by atoms with Crippen molar-refractivity contribution >= 4 is 33.7 Å². The molecule has 0 radical (unpaired) electrons. The second kappa shape index (κ2) is 10.6. The molecule has 2 amide bonds. The Hall–Kier alpha value is -4.32. The first-order valence-corrected chi connectivity index (χ1v) is 12.8. The van der Waals surface area contributed by atoms with Gasteiger partial charge in [-0.1, -0.05) is 30.2 Å². The molecule has 11 nitrogen and oxygen atoms in total. The fourth-order valence-electron chi connectivity index (χ4n) is 4.71. The standard InChI is InChI=1S/C26H25BrN8O3/c1-4-7-20-29-14(2)23(25(37)28-3)35(20)12-18-15-10-11-38-13-19(15)22(27)21(18)16-8-5-6-9-17(16)24(36)30-26-31-33-34-32-26/h5-6,8-11,13H,4,7,12H2,1-3H3,(H,28,37)(H2,30,31,32,33,34,36). The van der Waals surface area contributed by atoms with Gasteiger partial charge in [-0.05, 0) is 68.5 Å². The van der Waals surface area contributed by atoms with E-state index in [0.29, 0.717) is 35.5 Å². The number of aromatic amines is 1. The predicted molar refractivity (Wildman–Crippen MR) is 144 cm³/mol. The summed E-state index contributed by atoms with van der Waals surface area (Å²) >= 11 is 3.78. The minimum atomic E-state index is -0.372. The molecule has 1 aliphatic carbocycles. The molecule has 1 aliphatic heterocycles. The molecule has 0 unspecified atom stereocenters. The lowest BCUT2D eigenvalue weighted by Crippen LogP contribution is -2.24. The van der Waals surface area contributed by atoms with Crippen molar-refractivity contribution in [3.8, 4) is 22.3 Å². The molecular formula is C26H25BrN8O3. The summed E-state index contributed by atoms with van der Waals surface area (Å²) in [7, 11) is 1.61. The van der Waals surface area contributed by atoms with E-state index in [0.717, 1.165) is 39.0 Å². The Labute approximate surface area is 226 Å². The van der Waals surface area contributed by atoms with Crippen LogP contribution in [-0.4, -0.2) is 49.0 Å². The van der Waals surface area contributed by atoms with Crippen molar-refractivity contribution in [1.82, 2.24) is 35.5 Å². The summed E-state index contributed by atoms with van der Waals surface area (Å²) in [5, 5.41) is 18.8. The molecule has 0 atom stereocenters. The Morgan fingerprint density at radius 1 is 1.13 bits per heavy atom. The number of rotatable bonds is 8. The van der Waals surface area contributed by atoms with Crippen LogP contribution in [-0.2, 0) is 13.0 Å². The van der Waals surface area contributed by atoms with E-state index in [2.05, 4.69) is 54.1 Å². The number of benzene rings is 1. The molecule has 3 aromatic rings. The normalized spacial score (nSPS) is 11.2. The van der Waals surface area contributed by atoms with Crippen molar-refractivity contribution in [1.29, 1.82) is 0 Å². The molecule has 1 aromatic carbocycles. The highest BCUT2D eigenvalue weighted by molar-refractivity contribution is 9.10. The topological polar surface area (TPSA) is 144 Å². The summed E-state index contributed by atoms with van der Waals surface area (Å²) in [5.41, 5.74) is 5.83. The first-order chi connectivity index (χ1) is 18.4. The van der Waals surface area contributed by atoms with Crippen LogP contribution in [0, 0.1) is 6.92 Å². The summed E-state index contributed by atoms with van der Waals surface area (Å²) in [6.45, 7) is 4.29. The van der Waals surface area contributed by atoms with Gasteiger partial charge in [0.15, 0.2) is 0 Å². The van der Waals surface area contributed by atoms with Crippen molar-refractivity contribution in [2.24, 2.45) is 0 Å². The minimum absolute atomic E-state index is 0.142. The molecule has 0 saturated heterocycles. The number of fused-ring (bicyclic) bond motifs is 1. The number of anilines is 1. The van der Waals surface area contributed by atoms with Crippen molar-refractivity contribution < 1.29 is 14.0 Å². The van der Waals surface area contributed by atoms with Gasteiger partial charge >= 0.3 is 0 Å². The Balaban J connectivity index is 1.71. The fraction of sp³-hybridized carbons (Fsp3) is 0.231. The summed E-state index contributed by atoms with van der Waals surface area (Å²) in [6.07, 6.45) is 4.87. The van der Waals surface area contributed by atoms with E-state index in [4.69, 9.17) is 9.40 Å². The molecule has 0 bridgehead atoms. The van der Waals surface area contributed by atoms with E-state index in [1.54, 1.807) is 31.7 Å². The van der Waals surface area contributed by atoms with Gasteiger partial charge in [0.05, 0.1) is 24.8 Å². The van der Waals surface area contributed by atoms with Gasteiger partial charge in [0.1, 0.15) is 11.5 Å². The van der Waals surface area contributed by atoms with Gasteiger partial charge in [-0.15, -0.1) is 0 Å². The molecule has 5 rings (SSSR count). The molecule has 0 spiro atoms. The smallest absolute Gasteiger partial charge is 0.269 e. The number of aromatic nitrogens is 6. The second-order valence-electron chi connectivity index (χ2n) is 8.68. The molecule has 2 aromatic heterocycles. The van der Waals surface area contributed by atoms with Crippen LogP contribution >= 0.6 is 15.9 Å². The minimum Gasteiger partial charge on any atom is -0.472 e. The summed E-state index contributed by atoms with van der Waals surface area (Å²) in [6, 6.07) is 9.20. The average molecular weight is 577 g/mol. The molecule has 3 heterocycles. The third-order valence-electron chi connectivity index (χ3n) is 6.34. The number of tetrazole rings is 1. The molecular weight excluding hydrogens is 552 g/mol. The predicted octanol–water partition coefficient (Wildman–Crippen LogP) is 4.44. The zero-order valence-corrected chi connectivity index (χ0v) is 22.6. The Bertz CT molecular complexity index is 1590. The van der Waals surface area contributed by atoms with Gasteiger partial charge in [0.25, 0.3) is 11.8 Å². The van der Waals surface area contributed by atoms with Crippen LogP contribution in [0.15, 0.2) is 51.7 Å². The maximum atomic E-state index is 13.3. The fourth-order valence-corrected chi connectivity index (χ4v) is 5.47. The Kier molecular flexibility index (Phi) is 7.05. The van der Waals surface area contributed by atoms with Crippen molar-refractivity contribution in [2.45, 2.75) is 33.2 Å². The zero-order chi connectivity index (χ0) is 26.8. The van der Waals surface area contributed by atoms with Crippen molar-refractivity contribution in [2.75, 3.05) is 12.4 Å². The first kappa shape index (κ1) is 25.3. The summed E-state index contributed by atoms with van der Waals surface area (Å²) < 4.78 is 8.25. The lowest BCUT2D eigenvalue weighted by Gasteiger charge is -2.16. The lowest BCUT2D eigenvalue weighted by molar-refractivity contribution is 0.0952. The number of nitrogens with zero attached hydrogens (tertiary/aromatic N) is 5. The van der Waals surface area contributed by atoms with Crippen LogP contribution in [0.5, 0.6) is 0 Å². The average Bonchev–Trinajstić information content (AvgIpc) is 3.62. The molecule has 194 valence electrons. The highest BCUT2D eigenvalue weighted by Gasteiger charge is 2.29. The van der Waals surface area contributed by atoms with Crippen LogP contribution in [0.1, 0.15) is 51.3 Å². The van der Waals surface area contributed by atoms with Crippen LogP contribution in [0.2, 0.25) is 0 Å². The van der Waals surface area contributed by atoms with E-state index in [1.807, 2.05) is 29.7 Å². The number of imidazole rings is 1. The molecule has 2 aliphatic rings. The second-order valence-corrected chi connectivity index (χ2v) is 9.47. The maximum Gasteiger partial charge on any atom is 0.269 e. The van der Waals surface area contributed by atoms with Crippen molar-refractivity contribution in [3.05, 3.63) is 75.7 Å². The summed E-state index contributed by atoms with van der Waals surface area (Å²) in [4.78, 5) is 30.9. The first-order valence-electron chi connectivity index (χ1n) is 12.0. The van der Waals surface area contributed by atoms with Gasteiger partial charge in [-0.25, -0.2) is 10.1 Å². The SMILES string of the molecule is CCCc1nc(C)c(C(=O)NC)n1Cc1c2ccocc-2c(Br)c1-c1ccccc1C(=O)Nc1nnn[nH]1. The third kappa shape index (κ3) is 4.47. The van der Waals surface area contributed by atoms with E-state index in [-0.39, 0.29) is 17.8 Å². The quantitative estimate of drug-likeness (QED) is 0.247. The highest BCUT2D eigenvalue weighted by atomic mass is 79.9. The van der Waals surface area contributed by atoms with E-state index >= 15 is 0 Å². The van der Waals surface area contributed by atoms with Gasteiger partial charge in [0.2, 0.25) is 5.95 Å². The highest BCUT2D eigenvalue weighted by Crippen LogP contribution is 2.47. The Morgan fingerprint density at radius 2 is 1.95 bits per heavy atom. The van der Waals surface area contributed by atoms with E-state index < -0.39 is 0 Å².